The van der Waals surface area contributed by atoms with Crippen molar-refractivity contribution in [1.29, 1.82) is 0 Å². The van der Waals surface area contributed by atoms with Gasteiger partial charge in [0.1, 0.15) is 10.8 Å². The van der Waals surface area contributed by atoms with Gasteiger partial charge in [0.25, 0.3) is 5.70 Å². The molecule has 0 N–H and O–H groups in total. The summed E-state index contributed by atoms with van der Waals surface area (Å²) in [5, 5.41) is 9.93. The number of rotatable bonds is 1. The van der Waals surface area contributed by atoms with Gasteiger partial charge in [0.15, 0.2) is 9.84 Å². The molecule has 0 aromatic rings. The Hall–Kier alpha value is -0.620. The molecule has 0 aromatic carbocycles. The molecular weight excluding hydrogens is 194 g/mol. The minimum atomic E-state index is -3.34. The van der Waals surface area contributed by atoms with Crippen molar-refractivity contribution in [3.05, 3.63) is 20.8 Å². The first-order valence-electron chi connectivity index (χ1n) is 2.65. The molecule has 0 fully saturated rings. The molecule has 0 spiro atoms. The Morgan fingerprint density at radius 1 is 1.45 bits per heavy atom. The van der Waals surface area contributed by atoms with E-state index >= 15 is 0 Å². The molecule has 0 aliphatic carbocycles. The Morgan fingerprint density at radius 3 is 2.18 bits per heavy atom. The maximum Gasteiger partial charge on any atom is 0.276 e. The van der Waals surface area contributed by atoms with E-state index in [1.54, 1.807) is 0 Å². The van der Waals surface area contributed by atoms with Crippen LogP contribution in [0.3, 0.4) is 0 Å². The van der Waals surface area contributed by atoms with Crippen LogP contribution in [0.1, 0.15) is 0 Å². The molecule has 0 saturated carbocycles. The zero-order valence-corrected chi connectivity index (χ0v) is 6.85. The molecule has 0 radical (unpaired) electrons. The smallest absolute Gasteiger partial charge is 0.259 e. The molecule has 1 rings (SSSR count). The second-order valence-electron chi connectivity index (χ2n) is 2.14. The summed E-state index contributed by atoms with van der Waals surface area (Å²) < 4.78 is 21.5. The number of sulfone groups is 1. The number of hydrogen-bond acceptors (Lipinski definition) is 4. The van der Waals surface area contributed by atoms with E-state index in [-0.39, 0.29) is 5.03 Å². The largest absolute Gasteiger partial charge is 0.276 e. The summed E-state index contributed by atoms with van der Waals surface area (Å²) in [7, 11) is -3.34. The molecule has 0 unspecified atom stereocenters. The highest BCUT2D eigenvalue weighted by Gasteiger charge is 2.34. The van der Waals surface area contributed by atoms with Gasteiger partial charge in [-0.1, -0.05) is 11.6 Å². The molecule has 1 heterocycles. The van der Waals surface area contributed by atoms with Crippen LogP contribution < -0.4 is 0 Å². The fourth-order valence-electron chi connectivity index (χ4n) is 0.766. The van der Waals surface area contributed by atoms with Gasteiger partial charge < -0.3 is 0 Å². The Balaban J connectivity index is 3.02. The highest BCUT2D eigenvalue weighted by Crippen LogP contribution is 2.22. The van der Waals surface area contributed by atoms with Crippen molar-refractivity contribution in [2.45, 2.75) is 0 Å². The maximum atomic E-state index is 10.7. The molecule has 11 heavy (non-hydrogen) atoms. The summed E-state index contributed by atoms with van der Waals surface area (Å²) in [6.45, 7) is 0. The first kappa shape index (κ1) is 8.48. The Labute approximate surface area is 67.7 Å². The lowest BCUT2D eigenvalue weighted by Crippen LogP contribution is -2.07. The number of hydrogen-bond donors (Lipinski definition) is 0. The van der Waals surface area contributed by atoms with E-state index in [4.69, 9.17) is 11.6 Å². The van der Waals surface area contributed by atoms with Crippen molar-refractivity contribution in [2.75, 3.05) is 11.5 Å². The second-order valence-corrected chi connectivity index (χ2v) is 4.66. The van der Waals surface area contributed by atoms with Crippen LogP contribution in [0.25, 0.3) is 0 Å². The van der Waals surface area contributed by atoms with Crippen LogP contribution in [0.2, 0.25) is 0 Å². The zero-order chi connectivity index (χ0) is 8.65. The highest BCUT2D eigenvalue weighted by atomic mass is 35.5. The number of halogens is 1. The van der Waals surface area contributed by atoms with Gasteiger partial charge in [-0.25, -0.2) is 8.42 Å². The van der Waals surface area contributed by atoms with Gasteiger partial charge in [-0.05, 0) is 0 Å². The minimum Gasteiger partial charge on any atom is -0.259 e. The first-order valence-corrected chi connectivity index (χ1v) is 4.84. The van der Waals surface area contributed by atoms with Crippen LogP contribution in [0, 0.1) is 10.1 Å². The fourth-order valence-corrected chi connectivity index (χ4v) is 2.83. The molecule has 5 nitrogen and oxygen atoms in total. The van der Waals surface area contributed by atoms with E-state index < -0.39 is 32.0 Å². The average Bonchev–Trinajstić information content (AvgIpc) is 2.05. The van der Waals surface area contributed by atoms with E-state index in [1.165, 1.54) is 0 Å². The monoisotopic (exact) mass is 197 g/mol. The third-order valence-electron chi connectivity index (χ3n) is 1.24. The normalized spacial score (nSPS) is 22.3. The lowest BCUT2D eigenvalue weighted by Gasteiger charge is -1.86. The predicted molar refractivity (Wildman–Crippen MR) is 38.5 cm³/mol. The number of nitrogens with zero attached hydrogens (tertiary/aromatic N) is 1. The van der Waals surface area contributed by atoms with Crippen LogP contribution >= 0.6 is 11.6 Å². The molecule has 0 bridgehead atoms. The third-order valence-corrected chi connectivity index (χ3v) is 3.19. The van der Waals surface area contributed by atoms with Crippen molar-refractivity contribution in [1.82, 2.24) is 0 Å². The molecular formula is C4H4ClNO4S. The van der Waals surface area contributed by atoms with Crippen LogP contribution in [0.15, 0.2) is 10.7 Å². The van der Waals surface area contributed by atoms with Crippen molar-refractivity contribution < 1.29 is 13.3 Å². The van der Waals surface area contributed by atoms with Crippen molar-refractivity contribution in [3.63, 3.8) is 0 Å². The summed E-state index contributed by atoms with van der Waals surface area (Å²) in [5.41, 5.74) is -0.397. The maximum absolute atomic E-state index is 10.7. The molecule has 62 valence electrons. The van der Waals surface area contributed by atoms with Crippen LogP contribution in [-0.4, -0.2) is 24.8 Å². The molecule has 1 aliphatic rings. The SMILES string of the molecule is O=[N+]([O-])C1=C(Cl)CS(=O)(=O)C1. The highest BCUT2D eigenvalue weighted by molar-refractivity contribution is 7.92. The van der Waals surface area contributed by atoms with Gasteiger partial charge in [-0.2, -0.15) is 0 Å². The van der Waals surface area contributed by atoms with Crippen molar-refractivity contribution >= 4 is 21.4 Å². The summed E-state index contributed by atoms with van der Waals surface area (Å²) in [4.78, 5) is 9.34. The van der Waals surface area contributed by atoms with E-state index in [0.717, 1.165) is 0 Å². The van der Waals surface area contributed by atoms with Crippen LogP contribution in [0.5, 0.6) is 0 Å². The van der Waals surface area contributed by atoms with Gasteiger partial charge in [0.05, 0.1) is 10.7 Å². The van der Waals surface area contributed by atoms with Gasteiger partial charge >= 0.3 is 0 Å². The van der Waals surface area contributed by atoms with Gasteiger partial charge in [0, 0.05) is 0 Å². The Bertz CT molecular complexity index is 330. The fraction of sp³-hybridized carbons (Fsp3) is 0.500. The number of nitro groups is 1. The van der Waals surface area contributed by atoms with Gasteiger partial charge in [-0.3, -0.25) is 10.1 Å². The summed E-state index contributed by atoms with van der Waals surface area (Å²) in [6, 6.07) is 0. The summed E-state index contributed by atoms with van der Waals surface area (Å²) in [5.74, 6) is -0.941. The van der Waals surface area contributed by atoms with E-state index in [1.807, 2.05) is 0 Å². The van der Waals surface area contributed by atoms with E-state index in [9.17, 15) is 18.5 Å². The first-order chi connectivity index (χ1) is 4.92. The van der Waals surface area contributed by atoms with Crippen LogP contribution in [-0.2, 0) is 9.84 Å². The average molecular weight is 198 g/mol. The molecule has 7 heteroatoms. The molecule has 1 aliphatic heterocycles. The third kappa shape index (κ3) is 1.69. The molecule has 0 amide bonds. The van der Waals surface area contributed by atoms with Gasteiger partial charge in [-0.15, -0.1) is 0 Å². The van der Waals surface area contributed by atoms with Crippen LogP contribution in [0.4, 0.5) is 0 Å². The predicted octanol–water partition coefficient (Wildman–Crippen LogP) is 0.142. The standard InChI is InChI=1S/C4H4ClNO4S/c5-3-1-11(9,10)2-4(3)6(7)8/h1-2H2. The van der Waals surface area contributed by atoms with Gasteiger partial charge in [0.2, 0.25) is 0 Å². The summed E-state index contributed by atoms with van der Waals surface area (Å²) >= 11 is 5.32. The summed E-state index contributed by atoms with van der Waals surface area (Å²) in [6.07, 6.45) is 0. The second kappa shape index (κ2) is 2.46. The van der Waals surface area contributed by atoms with E-state index in [0.29, 0.717) is 0 Å². The van der Waals surface area contributed by atoms with Crippen molar-refractivity contribution in [2.24, 2.45) is 0 Å². The topological polar surface area (TPSA) is 77.3 Å². The Morgan fingerprint density at radius 2 is 2.00 bits per heavy atom. The van der Waals surface area contributed by atoms with Crippen molar-refractivity contribution in [3.8, 4) is 0 Å². The minimum absolute atomic E-state index is 0.171. The Kier molecular flexibility index (Phi) is 1.89. The lowest BCUT2D eigenvalue weighted by molar-refractivity contribution is -0.423. The molecule has 0 atom stereocenters. The van der Waals surface area contributed by atoms with E-state index in [2.05, 4.69) is 0 Å². The molecule has 0 saturated heterocycles. The zero-order valence-electron chi connectivity index (χ0n) is 5.28. The quantitative estimate of drug-likeness (QED) is 0.443. The molecule has 0 aromatic heterocycles. The lowest BCUT2D eigenvalue weighted by atomic mass is 10.5.